The fraction of sp³-hybridized carbons (Fsp3) is 0.190. The number of halogens is 3. The number of aromatic nitrogens is 4. The van der Waals surface area contributed by atoms with Crippen LogP contribution in [0.2, 0.25) is 0 Å². The summed E-state index contributed by atoms with van der Waals surface area (Å²) >= 11 is 1.10. The molecule has 2 heterocycles. The highest BCUT2D eigenvalue weighted by Gasteiger charge is 2.30. The number of nitrogens with one attached hydrogen (secondary N) is 1. The highest BCUT2D eigenvalue weighted by atomic mass is 32.2. The summed E-state index contributed by atoms with van der Waals surface area (Å²) in [5.74, 6) is 0.567. The second kappa shape index (κ2) is 7.98. The first-order chi connectivity index (χ1) is 14.3. The van der Waals surface area contributed by atoms with E-state index in [1.165, 1.54) is 6.20 Å². The minimum absolute atomic E-state index is 0.183. The van der Waals surface area contributed by atoms with Gasteiger partial charge in [0, 0.05) is 0 Å². The number of rotatable bonds is 5. The van der Waals surface area contributed by atoms with Crippen molar-refractivity contribution in [2.75, 3.05) is 0 Å². The van der Waals surface area contributed by atoms with E-state index in [1.807, 2.05) is 13.0 Å². The van der Waals surface area contributed by atoms with Gasteiger partial charge in [0.2, 0.25) is 0 Å². The van der Waals surface area contributed by atoms with E-state index in [-0.39, 0.29) is 16.5 Å². The fourth-order valence-electron chi connectivity index (χ4n) is 3.20. The van der Waals surface area contributed by atoms with Crippen molar-refractivity contribution in [2.24, 2.45) is 0 Å². The molecule has 0 fully saturated rings. The average Bonchev–Trinajstić information content (AvgIpc) is 3.08. The van der Waals surface area contributed by atoms with Crippen LogP contribution in [0.3, 0.4) is 0 Å². The highest BCUT2D eigenvalue weighted by molar-refractivity contribution is 7.98. The smallest absolute Gasteiger partial charge is 0.310 e. The van der Waals surface area contributed by atoms with E-state index < -0.39 is 12.7 Å². The number of hydrogen-bond donors (Lipinski definition) is 1. The number of alkyl halides is 3. The first kappa shape index (κ1) is 20.2. The molecule has 154 valence electrons. The summed E-state index contributed by atoms with van der Waals surface area (Å²) in [4.78, 5) is 23.7. The molecule has 4 rings (SSSR count). The Kier molecular flexibility index (Phi) is 5.38. The number of fused-ring (bicyclic) bond motifs is 1. The maximum atomic E-state index is 13.2. The van der Waals surface area contributed by atoms with Crippen molar-refractivity contribution in [1.82, 2.24) is 19.5 Å². The molecule has 5 nitrogen and oxygen atoms in total. The Morgan fingerprint density at radius 2 is 1.87 bits per heavy atom. The lowest BCUT2D eigenvalue weighted by atomic mass is 10.1. The topological polar surface area (TPSA) is 63.6 Å². The Balaban J connectivity index is 1.67. The van der Waals surface area contributed by atoms with Crippen LogP contribution in [0.25, 0.3) is 22.2 Å². The molecular weight excluding hydrogens is 413 g/mol. The molecule has 2 aromatic heterocycles. The van der Waals surface area contributed by atoms with Gasteiger partial charge in [0.05, 0.1) is 28.5 Å². The summed E-state index contributed by atoms with van der Waals surface area (Å²) in [5, 5.41) is 0.687. The zero-order valence-electron chi connectivity index (χ0n) is 15.9. The number of benzene rings is 2. The third kappa shape index (κ3) is 4.25. The largest absolute Gasteiger partial charge is 0.406 e. The molecule has 9 heteroatoms. The molecule has 0 aliphatic rings. The van der Waals surface area contributed by atoms with Crippen LogP contribution in [0.5, 0.6) is 0 Å². The first-order valence-electron chi connectivity index (χ1n) is 9.11. The van der Waals surface area contributed by atoms with Gasteiger partial charge in [-0.15, -0.1) is 0 Å². The predicted octanol–water partition coefficient (Wildman–Crippen LogP) is 4.95. The van der Waals surface area contributed by atoms with Crippen molar-refractivity contribution in [1.29, 1.82) is 0 Å². The number of aromatic amines is 1. The molecule has 0 spiro atoms. The van der Waals surface area contributed by atoms with Crippen LogP contribution in [0.15, 0.2) is 64.7 Å². The maximum Gasteiger partial charge on any atom is 0.406 e. The Hall–Kier alpha value is -3.07. The van der Waals surface area contributed by atoms with E-state index >= 15 is 0 Å². The quantitative estimate of drug-likeness (QED) is 0.455. The van der Waals surface area contributed by atoms with Gasteiger partial charge in [0.1, 0.15) is 12.4 Å². The van der Waals surface area contributed by atoms with Crippen molar-refractivity contribution < 1.29 is 13.2 Å². The average molecular weight is 430 g/mol. The lowest BCUT2D eigenvalue weighted by molar-refractivity contribution is -0.141. The Morgan fingerprint density at radius 3 is 2.60 bits per heavy atom. The molecule has 0 unspecified atom stereocenters. The van der Waals surface area contributed by atoms with Crippen LogP contribution >= 0.6 is 11.8 Å². The van der Waals surface area contributed by atoms with E-state index in [2.05, 4.69) is 15.0 Å². The second-order valence-corrected chi connectivity index (χ2v) is 7.71. The van der Waals surface area contributed by atoms with Gasteiger partial charge in [-0.2, -0.15) is 13.2 Å². The van der Waals surface area contributed by atoms with E-state index in [1.54, 1.807) is 42.5 Å². The van der Waals surface area contributed by atoms with Crippen LogP contribution in [-0.4, -0.2) is 25.7 Å². The Bertz CT molecular complexity index is 1250. The van der Waals surface area contributed by atoms with Crippen molar-refractivity contribution in [3.8, 4) is 11.3 Å². The summed E-state index contributed by atoms with van der Waals surface area (Å²) in [6.07, 6.45) is -2.96. The zero-order valence-corrected chi connectivity index (χ0v) is 16.7. The van der Waals surface area contributed by atoms with E-state index in [9.17, 15) is 18.0 Å². The summed E-state index contributed by atoms with van der Waals surface area (Å²) in [5.41, 5.74) is 2.19. The van der Waals surface area contributed by atoms with Crippen molar-refractivity contribution >= 4 is 22.7 Å². The normalized spacial score (nSPS) is 11.9. The Labute approximate surface area is 174 Å². The Morgan fingerprint density at radius 1 is 1.10 bits per heavy atom. The lowest BCUT2D eigenvalue weighted by Crippen LogP contribution is -2.19. The summed E-state index contributed by atoms with van der Waals surface area (Å²) in [6, 6.07) is 14.1. The van der Waals surface area contributed by atoms with Gasteiger partial charge in [-0.1, -0.05) is 54.2 Å². The molecule has 4 aromatic rings. The summed E-state index contributed by atoms with van der Waals surface area (Å²) in [6.45, 7) is 0.703. The molecule has 0 saturated heterocycles. The van der Waals surface area contributed by atoms with Crippen molar-refractivity contribution in [3.63, 3.8) is 0 Å². The van der Waals surface area contributed by atoms with Gasteiger partial charge in [-0.05, 0) is 24.1 Å². The van der Waals surface area contributed by atoms with Gasteiger partial charge in [0.15, 0.2) is 5.16 Å². The maximum absolute atomic E-state index is 13.2. The molecule has 0 atom stereocenters. The standard InChI is InChI=1S/C21H17F3N4OS/c1-13-6-5-9-15-18(13)26-17(27-19(15)29)11-30-20-25-10-16(14-7-3-2-4-8-14)28(20)12-21(22,23)24/h2-10H,11-12H2,1H3,(H,26,27,29). The molecule has 0 aliphatic heterocycles. The van der Waals surface area contributed by atoms with E-state index in [4.69, 9.17) is 0 Å². The molecule has 0 saturated carbocycles. The molecule has 0 bridgehead atoms. The van der Waals surface area contributed by atoms with Gasteiger partial charge in [-0.25, -0.2) is 9.97 Å². The lowest BCUT2D eigenvalue weighted by Gasteiger charge is -2.14. The predicted molar refractivity (Wildman–Crippen MR) is 110 cm³/mol. The number of H-pyrrole nitrogens is 1. The van der Waals surface area contributed by atoms with Crippen molar-refractivity contribution in [2.45, 2.75) is 30.6 Å². The molecule has 0 aliphatic carbocycles. The highest BCUT2D eigenvalue weighted by Crippen LogP contribution is 2.31. The fourth-order valence-corrected chi connectivity index (χ4v) is 4.05. The number of aryl methyl sites for hydroxylation is 1. The third-order valence-corrected chi connectivity index (χ3v) is 5.55. The van der Waals surface area contributed by atoms with E-state index in [0.29, 0.717) is 28.0 Å². The summed E-state index contributed by atoms with van der Waals surface area (Å²) < 4.78 is 40.8. The first-order valence-corrected chi connectivity index (χ1v) is 10.1. The van der Waals surface area contributed by atoms with Gasteiger partial charge in [0.25, 0.3) is 5.56 Å². The zero-order chi connectivity index (χ0) is 21.3. The molecule has 2 aromatic carbocycles. The third-order valence-electron chi connectivity index (χ3n) is 4.55. The number of para-hydroxylation sites is 1. The van der Waals surface area contributed by atoms with Gasteiger partial charge < -0.3 is 9.55 Å². The SMILES string of the molecule is Cc1cccc2c(=O)[nH]c(CSc3ncc(-c4ccccc4)n3CC(F)(F)F)nc12. The number of nitrogens with zero attached hydrogens (tertiary/aromatic N) is 3. The van der Waals surface area contributed by atoms with Gasteiger partial charge in [-0.3, -0.25) is 4.79 Å². The molecule has 0 radical (unpaired) electrons. The number of hydrogen-bond acceptors (Lipinski definition) is 4. The summed E-state index contributed by atoms with van der Waals surface area (Å²) in [7, 11) is 0. The van der Waals surface area contributed by atoms with Crippen LogP contribution in [0, 0.1) is 6.92 Å². The van der Waals surface area contributed by atoms with Gasteiger partial charge >= 0.3 is 6.18 Å². The van der Waals surface area contributed by atoms with Crippen LogP contribution < -0.4 is 5.56 Å². The number of thioether (sulfide) groups is 1. The van der Waals surface area contributed by atoms with E-state index in [0.717, 1.165) is 21.9 Å². The monoisotopic (exact) mass is 430 g/mol. The molecule has 0 amide bonds. The van der Waals surface area contributed by atoms with Crippen molar-refractivity contribution in [3.05, 3.63) is 76.5 Å². The minimum atomic E-state index is -4.40. The van der Waals surface area contributed by atoms with Crippen LogP contribution in [0.1, 0.15) is 11.4 Å². The number of imidazole rings is 1. The second-order valence-electron chi connectivity index (χ2n) is 6.77. The molecule has 1 N–H and O–H groups in total. The van der Waals surface area contributed by atoms with Crippen LogP contribution in [-0.2, 0) is 12.3 Å². The van der Waals surface area contributed by atoms with Crippen LogP contribution in [0.4, 0.5) is 13.2 Å². The minimum Gasteiger partial charge on any atom is -0.310 e. The molecule has 30 heavy (non-hydrogen) atoms. The molecular formula is C21H17F3N4OS.